The van der Waals surface area contributed by atoms with Gasteiger partial charge >= 0.3 is 0 Å². The average molecular weight is 388 g/mol. The molecule has 1 aliphatic heterocycles. The molecule has 1 N–H and O–H groups in total. The maximum Gasteiger partial charge on any atom is 0.241 e. The van der Waals surface area contributed by atoms with Crippen molar-refractivity contribution in [2.24, 2.45) is 5.92 Å². The first kappa shape index (κ1) is 17.7. The number of ether oxygens (including phenoxy) is 2. The van der Waals surface area contributed by atoms with E-state index in [1.807, 2.05) is 38.2 Å². The number of sulfonamides is 1. The molecule has 3 heterocycles. The third-order valence-electron chi connectivity index (χ3n) is 4.39. The van der Waals surface area contributed by atoms with E-state index in [0.717, 1.165) is 0 Å². The third-order valence-corrected chi connectivity index (χ3v) is 5.83. The lowest BCUT2D eigenvalue weighted by Crippen LogP contribution is -2.33. The molecule has 0 saturated carbocycles. The molecule has 0 spiro atoms. The van der Waals surface area contributed by atoms with Crippen molar-refractivity contribution < 1.29 is 17.9 Å². The van der Waals surface area contributed by atoms with E-state index in [2.05, 4.69) is 14.9 Å². The van der Waals surface area contributed by atoms with Crippen LogP contribution in [-0.4, -0.2) is 36.2 Å². The van der Waals surface area contributed by atoms with Gasteiger partial charge in [0.2, 0.25) is 10.0 Å². The second kappa shape index (κ2) is 6.82. The molecule has 1 aliphatic rings. The van der Waals surface area contributed by atoms with Gasteiger partial charge in [0, 0.05) is 12.3 Å². The first-order chi connectivity index (χ1) is 13.0. The van der Waals surface area contributed by atoms with E-state index in [1.54, 1.807) is 10.5 Å². The van der Waals surface area contributed by atoms with Crippen LogP contribution in [0, 0.1) is 5.92 Å². The van der Waals surface area contributed by atoms with Crippen molar-refractivity contribution in [1.82, 2.24) is 19.3 Å². The number of rotatable bonds is 5. The maximum absolute atomic E-state index is 13.0. The molecule has 0 fully saturated rings. The first-order valence-corrected chi connectivity index (χ1v) is 10.2. The van der Waals surface area contributed by atoms with Crippen LogP contribution in [0.1, 0.15) is 25.7 Å². The smallest absolute Gasteiger partial charge is 0.241 e. The molecule has 0 saturated heterocycles. The van der Waals surface area contributed by atoms with Crippen molar-refractivity contribution in [1.29, 1.82) is 0 Å². The minimum Gasteiger partial charge on any atom is -0.486 e. The van der Waals surface area contributed by atoms with Gasteiger partial charge < -0.3 is 9.47 Å². The van der Waals surface area contributed by atoms with E-state index in [9.17, 15) is 8.42 Å². The molecule has 8 nitrogen and oxygen atoms in total. The predicted octanol–water partition coefficient (Wildman–Crippen LogP) is 2.18. The number of hydrogen-bond acceptors (Lipinski definition) is 6. The Kier molecular flexibility index (Phi) is 4.48. The second-order valence-corrected chi connectivity index (χ2v) is 8.35. The number of benzene rings is 1. The van der Waals surface area contributed by atoms with Gasteiger partial charge in [0.1, 0.15) is 13.2 Å². The SMILES string of the molecule is CC(C)[C@H](NS(=O)(=O)c1ccc2c(c1)OCCO2)c1nnc2ccccn12. The molecular weight excluding hydrogens is 368 g/mol. The molecule has 0 aliphatic carbocycles. The van der Waals surface area contributed by atoms with Crippen LogP contribution in [0.5, 0.6) is 11.5 Å². The molecule has 0 bridgehead atoms. The molecule has 4 rings (SSSR count). The fraction of sp³-hybridized carbons (Fsp3) is 0.333. The lowest BCUT2D eigenvalue weighted by molar-refractivity contribution is 0.171. The summed E-state index contributed by atoms with van der Waals surface area (Å²) in [7, 11) is -3.80. The molecular formula is C18H20N4O4S. The molecule has 142 valence electrons. The molecule has 2 aromatic heterocycles. The van der Waals surface area contributed by atoms with Crippen molar-refractivity contribution >= 4 is 15.7 Å². The molecule has 0 amide bonds. The van der Waals surface area contributed by atoms with Crippen LogP contribution in [0.15, 0.2) is 47.5 Å². The highest BCUT2D eigenvalue weighted by molar-refractivity contribution is 7.89. The Labute approximate surface area is 157 Å². The summed E-state index contributed by atoms with van der Waals surface area (Å²) >= 11 is 0. The molecule has 27 heavy (non-hydrogen) atoms. The summed E-state index contributed by atoms with van der Waals surface area (Å²) < 4.78 is 41.5. The number of nitrogens with zero attached hydrogens (tertiary/aromatic N) is 3. The van der Waals surface area contributed by atoms with E-state index in [1.165, 1.54) is 12.1 Å². The predicted molar refractivity (Wildman–Crippen MR) is 98.3 cm³/mol. The standard InChI is InChI=1S/C18H20N4O4S/c1-12(2)17(18-20-19-16-5-3-4-8-22(16)18)21-27(23,24)13-6-7-14-15(11-13)26-10-9-25-14/h3-8,11-12,17,21H,9-10H2,1-2H3/t17-/m0/s1. The highest BCUT2D eigenvalue weighted by Gasteiger charge is 2.28. The summed E-state index contributed by atoms with van der Waals surface area (Å²) in [6, 6.07) is 9.60. The van der Waals surface area contributed by atoms with Crippen LogP contribution in [-0.2, 0) is 10.0 Å². The topological polar surface area (TPSA) is 94.8 Å². The van der Waals surface area contributed by atoms with Gasteiger partial charge in [0.15, 0.2) is 23.0 Å². The third kappa shape index (κ3) is 3.35. The first-order valence-electron chi connectivity index (χ1n) is 8.67. The largest absolute Gasteiger partial charge is 0.486 e. The normalized spacial score (nSPS) is 15.2. The quantitative estimate of drug-likeness (QED) is 0.720. The van der Waals surface area contributed by atoms with Gasteiger partial charge in [-0.1, -0.05) is 19.9 Å². The van der Waals surface area contributed by atoms with Crippen LogP contribution < -0.4 is 14.2 Å². The molecule has 3 aromatic rings. The maximum atomic E-state index is 13.0. The summed E-state index contributed by atoms with van der Waals surface area (Å²) in [6.07, 6.45) is 1.82. The molecule has 0 unspecified atom stereocenters. The summed E-state index contributed by atoms with van der Waals surface area (Å²) in [4.78, 5) is 0.117. The van der Waals surface area contributed by atoms with Gasteiger partial charge in [0.25, 0.3) is 0 Å². The molecule has 1 aromatic carbocycles. The fourth-order valence-corrected chi connectivity index (χ4v) is 4.34. The molecule has 0 radical (unpaired) electrons. The van der Waals surface area contributed by atoms with E-state index >= 15 is 0 Å². The van der Waals surface area contributed by atoms with Crippen molar-refractivity contribution in [3.8, 4) is 11.5 Å². The van der Waals surface area contributed by atoms with Crippen LogP contribution in [0.4, 0.5) is 0 Å². The van der Waals surface area contributed by atoms with E-state index in [4.69, 9.17) is 9.47 Å². The van der Waals surface area contributed by atoms with Crippen LogP contribution in [0.2, 0.25) is 0 Å². The lowest BCUT2D eigenvalue weighted by Gasteiger charge is -2.22. The van der Waals surface area contributed by atoms with Gasteiger partial charge in [-0.2, -0.15) is 0 Å². The van der Waals surface area contributed by atoms with Crippen molar-refractivity contribution in [3.63, 3.8) is 0 Å². The van der Waals surface area contributed by atoms with Crippen LogP contribution >= 0.6 is 0 Å². The summed E-state index contributed by atoms with van der Waals surface area (Å²) in [5, 5.41) is 8.33. The number of hydrogen-bond donors (Lipinski definition) is 1. The van der Waals surface area contributed by atoms with E-state index < -0.39 is 16.1 Å². The van der Waals surface area contributed by atoms with Crippen LogP contribution in [0.25, 0.3) is 5.65 Å². The van der Waals surface area contributed by atoms with Crippen molar-refractivity contribution in [2.45, 2.75) is 24.8 Å². The minimum atomic E-state index is -3.80. The fourth-order valence-electron chi connectivity index (χ4n) is 2.98. The summed E-state index contributed by atoms with van der Waals surface area (Å²) in [6.45, 7) is 4.71. The Balaban J connectivity index is 1.69. The second-order valence-electron chi connectivity index (χ2n) is 6.64. The van der Waals surface area contributed by atoms with E-state index in [0.29, 0.717) is 36.2 Å². The average Bonchev–Trinajstić information content (AvgIpc) is 3.09. The number of pyridine rings is 1. The Hall–Kier alpha value is -2.65. The highest BCUT2D eigenvalue weighted by atomic mass is 32.2. The molecule has 1 atom stereocenters. The number of aromatic nitrogens is 3. The van der Waals surface area contributed by atoms with Gasteiger partial charge in [-0.05, 0) is 30.2 Å². The lowest BCUT2D eigenvalue weighted by atomic mass is 10.1. The Bertz CT molecular complexity index is 1080. The van der Waals surface area contributed by atoms with Gasteiger partial charge in [0.05, 0.1) is 10.9 Å². The zero-order valence-corrected chi connectivity index (χ0v) is 15.8. The Morgan fingerprint density at radius 2 is 1.85 bits per heavy atom. The highest BCUT2D eigenvalue weighted by Crippen LogP contribution is 2.33. The Morgan fingerprint density at radius 3 is 2.63 bits per heavy atom. The van der Waals surface area contributed by atoms with Gasteiger partial charge in [-0.3, -0.25) is 4.40 Å². The van der Waals surface area contributed by atoms with Crippen LogP contribution in [0.3, 0.4) is 0 Å². The molecule has 9 heteroatoms. The Morgan fingerprint density at radius 1 is 1.07 bits per heavy atom. The van der Waals surface area contributed by atoms with Crippen molar-refractivity contribution in [2.75, 3.05) is 13.2 Å². The zero-order chi connectivity index (χ0) is 19.0. The van der Waals surface area contributed by atoms with Gasteiger partial charge in [-0.15, -0.1) is 10.2 Å². The van der Waals surface area contributed by atoms with Gasteiger partial charge in [-0.25, -0.2) is 13.1 Å². The zero-order valence-electron chi connectivity index (χ0n) is 15.0. The number of fused-ring (bicyclic) bond motifs is 2. The van der Waals surface area contributed by atoms with E-state index in [-0.39, 0.29) is 10.8 Å². The number of nitrogens with one attached hydrogen (secondary N) is 1. The summed E-state index contributed by atoms with van der Waals surface area (Å²) in [5.74, 6) is 1.48. The van der Waals surface area contributed by atoms with Crippen molar-refractivity contribution in [3.05, 3.63) is 48.4 Å². The monoisotopic (exact) mass is 388 g/mol. The minimum absolute atomic E-state index is 0.0374. The summed E-state index contributed by atoms with van der Waals surface area (Å²) in [5.41, 5.74) is 0.664.